The van der Waals surface area contributed by atoms with Gasteiger partial charge in [-0.2, -0.15) is 0 Å². The van der Waals surface area contributed by atoms with Crippen LogP contribution in [0.3, 0.4) is 0 Å². The third-order valence-corrected chi connectivity index (χ3v) is 5.78. The van der Waals surface area contributed by atoms with Gasteiger partial charge in [0.15, 0.2) is 5.16 Å². The van der Waals surface area contributed by atoms with Gasteiger partial charge in [-0.1, -0.05) is 23.9 Å². The van der Waals surface area contributed by atoms with Crippen LogP contribution in [-0.2, 0) is 4.79 Å². The Labute approximate surface area is 182 Å². The lowest BCUT2D eigenvalue weighted by atomic mass is 10.1. The minimum absolute atomic E-state index is 0.0654. The van der Waals surface area contributed by atoms with Gasteiger partial charge in [0, 0.05) is 11.4 Å². The standard InChI is InChI=1S/C23H21FN4O2S/c1-13-4-5-14(2)18(10-13)26-20(29)12-31-23-27-19-11-15(3)25-21(19)22(30)28(23)17-8-6-16(24)7-9-17/h4-11,25H,12H2,1-3H3,(H,26,29). The number of aryl methyl sites for hydroxylation is 3. The second kappa shape index (κ2) is 8.39. The summed E-state index contributed by atoms with van der Waals surface area (Å²) in [7, 11) is 0. The first kappa shape index (κ1) is 20.9. The number of carbonyl (C=O) groups excluding carboxylic acids is 1. The molecule has 0 atom stereocenters. The van der Waals surface area contributed by atoms with Crippen molar-refractivity contribution in [3.63, 3.8) is 0 Å². The zero-order valence-electron chi connectivity index (χ0n) is 17.3. The number of hydrogen-bond donors (Lipinski definition) is 2. The lowest BCUT2D eigenvalue weighted by Gasteiger charge is -2.13. The number of nitrogens with one attached hydrogen (secondary N) is 2. The molecular weight excluding hydrogens is 415 g/mol. The van der Waals surface area contributed by atoms with Crippen molar-refractivity contribution in [3.05, 3.63) is 81.5 Å². The number of thioether (sulfide) groups is 1. The second-order valence-corrected chi connectivity index (χ2v) is 8.32. The number of fused-ring (bicyclic) bond motifs is 1. The maximum absolute atomic E-state index is 13.4. The number of hydrogen-bond acceptors (Lipinski definition) is 4. The van der Waals surface area contributed by atoms with Crippen molar-refractivity contribution in [1.29, 1.82) is 0 Å². The lowest BCUT2D eigenvalue weighted by molar-refractivity contribution is -0.113. The number of rotatable bonds is 5. The Kier molecular flexibility index (Phi) is 5.65. The summed E-state index contributed by atoms with van der Waals surface area (Å²) < 4.78 is 14.8. The summed E-state index contributed by atoms with van der Waals surface area (Å²) in [6.07, 6.45) is 0. The van der Waals surface area contributed by atoms with E-state index >= 15 is 0 Å². The minimum atomic E-state index is -0.399. The number of carbonyl (C=O) groups is 1. The Morgan fingerprint density at radius 3 is 2.61 bits per heavy atom. The van der Waals surface area contributed by atoms with E-state index in [1.54, 1.807) is 6.07 Å². The van der Waals surface area contributed by atoms with Gasteiger partial charge < -0.3 is 10.3 Å². The van der Waals surface area contributed by atoms with Crippen LogP contribution in [0.4, 0.5) is 10.1 Å². The average molecular weight is 437 g/mol. The van der Waals surface area contributed by atoms with E-state index in [2.05, 4.69) is 15.3 Å². The minimum Gasteiger partial charge on any atom is -0.353 e. The summed E-state index contributed by atoms with van der Waals surface area (Å²) >= 11 is 1.15. The molecule has 0 unspecified atom stereocenters. The third-order valence-electron chi connectivity index (χ3n) is 4.84. The van der Waals surface area contributed by atoms with Gasteiger partial charge in [0.05, 0.1) is 17.0 Å². The zero-order valence-corrected chi connectivity index (χ0v) is 18.1. The number of H-pyrrole nitrogens is 1. The normalized spacial score (nSPS) is 11.1. The highest BCUT2D eigenvalue weighted by Gasteiger charge is 2.17. The zero-order chi connectivity index (χ0) is 22.1. The highest BCUT2D eigenvalue weighted by molar-refractivity contribution is 7.99. The Bertz CT molecular complexity index is 1340. The van der Waals surface area contributed by atoms with Crippen molar-refractivity contribution in [2.45, 2.75) is 25.9 Å². The predicted molar refractivity (Wildman–Crippen MR) is 122 cm³/mol. The molecule has 0 aliphatic rings. The van der Waals surface area contributed by atoms with E-state index in [0.717, 1.165) is 34.3 Å². The summed E-state index contributed by atoms with van der Waals surface area (Å²) in [6, 6.07) is 13.2. The van der Waals surface area contributed by atoms with Crippen molar-refractivity contribution in [3.8, 4) is 5.69 Å². The number of anilines is 1. The molecule has 2 aromatic carbocycles. The van der Waals surface area contributed by atoms with Crippen LogP contribution in [0.1, 0.15) is 16.8 Å². The van der Waals surface area contributed by atoms with Crippen molar-refractivity contribution < 1.29 is 9.18 Å². The summed E-state index contributed by atoms with van der Waals surface area (Å²) in [4.78, 5) is 33.4. The molecule has 0 saturated heterocycles. The second-order valence-electron chi connectivity index (χ2n) is 7.38. The maximum atomic E-state index is 13.4. The summed E-state index contributed by atoms with van der Waals surface area (Å²) in [6.45, 7) is 5.73. The molecule has 0 saturated carbocycles. The molecule has 0 fully saturated rings. The van der Waals surface area contributed by atoms with Crippen LogP contribution in [0, 0.1) is 26.6 Å². The first-order chi connectivity index (χ1) is 14.8. The monoisotopic (exact) mass is 436 g/mol. The van der Waals surface area contributed by atoms with Crippen molar-refractivity contribution in [2.24, 2.45) is 0 Å². The molecule has 4 aromatic rings. The fourth-order valence-electron chi connectivity index (χ4n) is 3.28. The summed E-state index contributed by atoms with van der Waals surface area (Å²) in [5, 5.41) is 3.27. The van der Waals surface area contributed by atoms with E-state index in [9.17, 15) is 14.0 Å². The van der Waals surface area contributed by atoms with Crippen molar-refractivity contribution >= 4 is 34.4 Å². The molecule has 0 aliphatic heterocycles. The van der Waals surface area contributed by atoms with Crippen LogP contribution < -0.4 is 10.9 Å². The molecule has 0 spiro atoms. The van der Waals surface area contributed by atoms with Crippen LogP contribution >= 0.6 is 11.8 Å². The Balaban J connectivity index is 1.67. The van der Waals surface area contributed by atoms with Crippen LogP contribution in [0.2, 0.25) is 0 Å². The molecular formula is C23H21FN4O2S. The molecule has 2 heterocycles. The maximum Gasteiger partial charge on any atom is 0.283 e. The SMILES string of the molecule is Cc1ccc(C)c(NC(=O)CSc2nc3cc(C)[nH]c3c(=O)n2-c2ccc(F)cc2)c1. The molecule has 158 valence electrons. The first-order valence-corrected chi connectivity index (χ1v) is 10.7. The topological polar surface area (TPSA) is 79.8 Å². The van der Waals surface area contributed by atoms with Gasteiger partial charge in [-0.3, -0.25) is 14.2 Å². The van der Waals surface area contributed by atoms with Gasteiger partial charge in [0.1, 0.15) is 11.3 Å². The molecule has 0 aliphatic carbocycles. The summed E-state index contributed by atoms with van der Waals surface area (Å²) in [5.41, 5.74) is 4.64. The van der Waals surface area contributed by atoms with Crippen LogP contribution in [0.15, 0.2) is 58.5 Å². The van der Waals surface area contributed by atoms with E-state index < -0.39 is 5.82 Å². The van der Waals surface area contributed by atoms with Gasteiger partial charge in [0.25, 0.3) is 5.56 Å². The summed E-state index contributed by atoms with van der Waals surface area (Å²) in [5.74, 6) is -0.539. The first-order valence-electron chi connectivity index (χ1n) is 9.70. The van der Waals surface area contributed by atoms with Crippen LogP contribution in [0.5, 0.6) is 0 Å². The number of aromatic nitrogens is 3. The third kappa shape index (κ3) is 4.39. The Morgan fingerprint density at radius 2 is 1.87 bits per heavy atom. The number of nitrogens with zero attached hydrogens (tertiary/aromatic N) is 2. The van der Waals surface area contributed by atoms with Gasteiger partial charge in [0.2, 0.25) is 5.91 Å². The largest absolute Gasteiger partial charge is 0.353 e. The Hall–Kier alpha value is -3.39. The van der Waals surface area contributed by atoms with Crippen LogP contribution in [-0.4, -0.2) is 26.2 Å². The van der Waals surface area contributed by atoms with Gasteiger partial charge in [-0.05, 0) is 68.3 Å². The fourth-order valence-corrected chi connectivity index (χ4v) is 4.09. The number of aromatic amines is 1. The van der Waals surface area contributed by atoms with E-state index in [4.69, 9.17) is 0 Å². The quantitative estimate of drug-likeness (QED) is 0.356. The molecule has 8 heteroatoms. The highest BCUT2D eigenvalue weighted by Crippen LogP contribution is 2.23. The highest BCUT2D eigenvalue weighted by atomic mass is 32.2. The van der Waals surface area contributed by atoms with E-state index in [0.29, 0.717) is 21.9 Å². The smallest absolute Gasteiger partial charge is 0.283 e. The molecule has 0 bridgehead atoms. The molecule has 0 radical (unpaired) electrons. The van der Waals surface area contributed by atoms with Gasteiger partial charge in [-0.15, -0.1) is 0 Å². The number of amides is 1. The molecule has 4 rings (SSSR count). The number of benzene rings is 2. The van der Waals surface area contributed by atoms with E-state index in [1.165, 1.54) is 28.8 Å². The molecule has 2 aromatic heterocycles. The predicted octanol–water partition coefficient (Wildman–Crippen LogP) is 4.51. The van der Waals surface area contributed by atoms with Gasteiger partial charge >= 0.3 is 0 Å². The Morgan fingerprint density at radius 1 is 1.13 bits per heavy atom. The van der Waals surface area contributed by atoms with Gasteiger partial charge in [-0.25, -0.2) is 9.37 Å². The number of halogens is 1. The van der Waals surface area contributed by atoms with Crippen molar-refractivity contribution in [1.82, 2.24) is 14.5 Å². The fraction of sp³-hybridized carbons (Fsp3) is 0.174. The molecule has 31 heavy (non-hydrogen) atoms. The van der Waals surface area contributed by atoms with Crippen molar-refractivity contribution in [2.75, 3.05) is 11.1 Å². The molecule has 1 amide bonds. The van der Waals surface area contributed by atoms with Crippen LogP contribution in [0.25, 0.3) is 16.7 Å². The van der Waals surface area contributed by atoms with E-state index in [1.807, 2.05) is 39.0 Å². The van der Waals surface area contributed by atoms with E-state index in [-0.39, 0.29) is 17.2 Å². The lowest BCUT2D eigenvalue weighted by Crippen LogP contribution is -2.23. The molecule has 2 N–H and O–H groups in total. The molecule has 6 nitrogen and oxygen atoms in total. The average Bonchev–Trinajstić information content (AvgIpc) is 3.11.